The standard InChI is InChI=1S/C7H17ClP.C7H17P.Au/c1-5-9(4,8,6-2)7-3;1-5-8(4,6-2)7-3;/h4-7H2,1-3H3;4-7H2,1-3H3;/q-1;;. The SMILES string of the molecule is [Au].[CH2-]P(Cl)(CC)(CC)CC.[CH2-][P+](CC)(CC)CC. The van der Waals surface area contributed by atoms with Crippen LogP contribution in [-0.4, -0.2) is 37.0 Å². The third kappa shape index (κ3) is 9.74. The van der Waals surface area contributed by atoms with Crippen molar-refractivity contribution in [3.63, 3.8) is 0 Å². The average molecular weight is 497 g/mol. The molecule has 0 saturated carbocycles. The Kier molecular flexibility index (Phi) is 14.6. The predicted molar refractivity (Wildman–Crippen MR) is 93.7 cm³/mol. The van der Waals surface area contributed by atoms with E-state index in [4.69, 9.17) is 11.2 Å². The van der Waals surface area contributed by atoms with Crippen LogP contribution in [0.25, 0.3) is 0 Å². The van der Waals surface area contributed by atoms with E-state index in [1.165, 1.54) is 18.5 Å². The van der Waals surface area contributed by atoms with E-state index in [1.807, 2.05) is 0 Å². The van der Waals surface area contributed by atoms with Crippen molar-refractivity contribution in [1.82, 2.24) is 0 Å². The summed E-state index contributed by atoms with van der Waals surface area (Å²) in [6.45, 7) is 21.6. The summed E-state index contributed by atoms with van der Waals surface area (Å²) >= 11 is 6.37. The van der Waals surface area contributed by atoms with Crippen LogP contribution in [0.4, 0.5) is 0 Å². The van der Waals surface area contributed by atoms with Gasteiger partial charge in [-0.05, 0) is 20.8 Å². The molecule has 0 atom stereocenters. The quantitative estimate of drug-likeness (QED) is 0.227. The molecule has 0 N–H and O–H groups in total. The first kappa shape index (κ1) is 24.9. The van der Waals surface area contributed by atoms with Crippen LogP contribution < -0.4 is 0 Å². The van der Waals surface area contributed by atoms with Gasteiger partial charge in [0.05, 0.1) is 0 Å². The molecule has 0 heterocycles. The number of halogens is 1. The summed E-state index contributed by atoms with van der Waals surface area (Å²) in [4.78, 5) is 0. The Balaban J connectivity index is -0.000000238. The van der Waals surface area contributed by atoms with E-state index in [1.54, 1.807) is 0 Å². The summed E-state index contributed by atoms with van der Waals surface area (Å²) in [7, 11) is -0.662. The summed E-state index contributed by atoms with van der Waals surface area (Å²) in [6, 6.07) is 0. The van der Waals surface area contributed by atoms with Gasteiger partial charge in [-0.25, -0.2) is 0 Å². The van der Waals surface area contributed by atoms with Gasteiger partial charge in [-0.1, -0.05) is 0 Å². The van der Waals surface area contributed by atoms with Crippen molar-refractivity contribution >= 4 is 24.5 Å². The first-order chi connectivity index (χ1) is 7.65. The second-order valence-electron chi connectivity index (χ2n) is 5.06. The van der Waals surface area contributed by atoms with Crippen molar-refractivity contribution in [1.29, 1.82) is 0 Å². The molecule has 0 fully saturated rings. The van der Waals surface area contributed by atoms with Gasteiger partial charge in [0.15, 0.2) is 0 Å². The number of rotatable bonds is 6. The molecular weight excluding hydrogens is 463 g/mol. The van der Waals surface area contributed by atoms with Crippen molar-refractivity contribution < 1.29 is 22.4 Å². The van der Waals surface area contributed by atoms with Gasteiger partial charge < -0.3 is 0 Å². The average Bonchev–Trinajstić information content (AvgIpc) is 2.39. The smallest absolute Gasteiger partial charge is 0.0298 e. The third-order valence-electron chi connectivity index (χ3n) is 4.38. The van der Waals surface area contributed by atoms with Gasteiger partial charge >= 0.3 is 63.1 Å². The van der Waals surface area contributed by atoms with E-state index in [2.05, 4.69) is 54.9 Å². The molecule has 119 valence electrons. The van der Waals surface area contributed by atoms with Gasteiger partial charge in [0.2, 0.25) is 0 Å². The summed E-state index contributed by atoms with van der Waals surface area (Å²) in [5.41, 5.74) is 0. The molecule has 0 aliphatic carbocycles. The molecule has 0 aromatic rings. The van der Waals surface area contributed by atoms with E-state index < -0.39 is 13.2 Å². The molecule has 4 heteroatoms. The molecule has 0 saturated heterocycles. The maximum absolute atomic E-state index is 6.37. The summed E-state index contributed by atoms with van der Waals surface area (Å²) < 4.78 is 0. The zero-order valence-corrected chi connectivity index (χ0v) is 17.9. The molecule has 0 nitrogen and oxygen atoms in total. The van der Waals surface area contributed by atoms with Crippen LogP contribution in [0.5, 0.6) is 0 Å². The van der Waals surface area contributed by atoms with Gasteiger partial charge in [0, 0.05) is 40.9 Å². The van der Waals surface area contributed by atoms with Crippen molar-refractivity contribution in [2.24, 2.45) is 0 Å². The fourth-order valence-corrected chi connectivity index (χ4v) is 4.02. The zero-order valence-electron chi connectivity index (χ0n) is 13.2. The Morgan fingerprint density at radius 3 is 1.06 bits per heavy atom. The second-order valence-corrected chi connectivity index (χ2v) is 18.0. The fourth-order valence-electron chi connectivity index (χ4n) is 1.34. The predicted octanol–water partition coefficient (Wildman–Crippen LogP) is 6.40. The minimum Gasteiger partial charge on any atom is -0.180 e. The molecule has 1 radical (unpaired) electrons. The summed E-state index contributed by atoms with van der Waals surface area (Å²) in [5, 5.41) is 0. The van der Waals surface area contributed by atoms with E-state index in [0.717, 1.165) is 18.5 Å². The molecule has 0 amide bonds. The topological polar surface area (TPSA) is 0 Å². The second kappa shape index (κ2) is 10.6. The molecule has 0 aliphatic rings. The Hall–Kier alpha value is 1.89. The Labute approximate surface area is 138 Å². The van der Waals surface area contributed by atoms with Crippen LogP contribution in [0, 0.1) is 13.3 Å². The monoisotopic (exact) mass is 496 g/mol. The maximum Gasteiger partial charge on any atom is 0.0298 e. The normalized spacial score (nSPS) is 13.7. The summed E-state index contributed by atoms with van der Waals surface area (Å²) in [5.74, 6) is -1.90. The fraction of sp³-hybridized carbons (Fsp3) is 0.857. The molecule has 0 aliphatic heterocycles. The molecule has 0 spiro atoms. The number of hydrogen-bond acceptors (Lipinski definition) is 0. The minimum absolute atomic E-state index is 0. The Bertz CT molecular complexity index is 177. The maximum atomic E-state index is 6.37. The van der Waals surface area contributed by atoms with Crippen LogP contribution in [0.1, 0.15) is 41.5 Å². The van der Waals surface area contributed by atoms with Crippen molar-refractivity contribution in [3.8, 4) is 0 Å². The largest absolute Gasteiger partial charge is 0.180 e. The molecule has 0 unspecified atom stereocenters. The van der Waals surface area contributed by atoms with Crippen LogP contribution in [-0.2, 0) is 22.4 Å². The molecular formula is C14H34AuClP2-. The summed E-state index contributed by atoms with van der Waals surface area (Å²) in [6.07, 6.45) is 7.17. The molecule has 0 aromatic heterocycles. The first-order valence-electron chi connectivity index (χ1n) is 6.94. The molecule has 0 aromatic carbocycles. The van der Waals surface area contributed by atoms with Gasteiger partial charge in [-0.15, -0.1) is 7.26 Å². The van der Waals surface area contributed by atoms with E-state index in [9.17, 15) is 0 Å². The van der Waals surface area contributed by atoms with E-state index in [-0.39, 0.29) is 22.4 Å². The molecule has 18 heavy (non-hydrogen) atoms. The molecule has 0 rings (SSSR count). The van der Waals surface area contributed by atoms with Gasteiger partial charge in [0.1, 0.15) is 0 Å². The van der Waals surface area contributed by atoms with Gasteiger partial charge in [0.25, 0.3) is 0 Å². The zero-order chi connectivity index (χ0) is 14.2. The Morgan fingerprint density at radius 1 is 0.833 bits per heavy atom. The van der Waals surface area contributed by atoms with Crippen molar-refractivity contribution in [3.05, 3.63) is 13.3 Å². The third-order valence-corrected chi connectivity index (χ3v) is 15.3. The minimum atomic E-state index is -1.90. The van der Waals surface area contributed by atoms with Crippen LogP contribution in [0.3, 0.4) is 0 Å². The van der Waals surface area contributed by atoms with Crippen molar-refractivity contribution in [2.75, 3.05) is 37.0 Å². The van der Waals surface area contributed by atoms with Gasteiger partial charge in [-0.2, -0.15) is 6.66 Å². The molecule has 0 bridgehead atoms. The van der Waals surface area contributed by atoms with Crippen LogP contribution in [0.15, 0.2) is 0 Å². The Morgan fingerprint density at radius 2 is 1.06 bits per heavy atom. The van der Waals surface area contributed by atoms with Crippen LogP contribution in [0.2, 0.25) is 0 Å². The van der Waals surface area contributed by atoms with Gasteiger partial charge in [-0.3, -0.25) is 0 Å². The van der Waals surface area contributed by atoms with Crippen LogP contribution >= 0.6 is 24.5 Å². The first-order valence-corrected chi connectivity index (χ1v) is 13.4. The van der Waals surface area contributed by atoms with E-state index in [0.29, 0.717) is 0 Å². The van der Waals surface area contributed by atoms with Crippen molar-refractivity contribution in [2.45, 2.75) is 41.5 Å². The van der Waals surface area contributed by atoms with E-state index >= 15 is 0 Å². The number of hydrogen-bond donors (Lipinski definition) is 0.